The van der Waals surface area contributed by atoms with Gasteiger partial charge in [0.2, 0.25) is 11.8 Å². The lowest BCUT2D eigenvalue weighted by molar-refractivity contribution is -0.137. The van der Waals surface area contributed by atoms with E-state index in [9.17, 15) is 14.4 Å². The minimum Gasteiger partial charge on any atom is -0.343 e. The number of hydrogen-bond donors (Lipinski definition) is 0. The van der Waals surface area contributed by atoms with E-state index in [0.717, 1.165) is 43.7 Å². The summed E-state index contributed by atoms with van der Waals surface area (Å²) in [7, 11) is 2.09. The van der Waals surface area contributed by atoms with Crippen LogP contribution < -0.4 is 5.56 Å². The lowest BCUT2D eigenvalue weighted by atomic mass is 9.86. The van der Waals surface area contributed by atoms with Crippen molar-refractivity contribution in [2.75, 3.05) is 39.8 Å². The molecule has 0 aliphatic carbocycles. The molecule has 0 radical (unpaired) electrons. The number of aromatic nitrogens is 2. The standard InChI is InChI=1S/C20H31N5O3/c1-5-23-9-8-20(7-6-17(23)26)14-24(11-10-22(20)4)19(28)13-25-18(27)12-15(2)16(3)21-25/h12H,5-11,13-14H2,1-4H3. The molecule has 2 aliphatic rings. The molecule has 3 rings (SSSR count). The highest BCUT2D eigenvalue weighted by Gasteiger charge is 2.43. The third-order valence-corrected chi connectivity index (χ3v) is 6.46. The molecule has 0 aromatic carbocycles. The van der Waals surface area contributed by atoms with Crippen molar-refractivity contribution in [1.82, 2.24) is 24.5 Å². The molecule has 1 aromatic rings. The van der Waals surface area contributed by atoms with Crippen LogP contribution in [0.4, 0.5) is 0 Å². The first-order chi connectivity index (χ1) is 13.3. The lowest BCUT2D eigenvalue weighted by Crippen LogP contribution is -2.62. The van der Waals surface area contributed by atoms with E-state index in [1.807, 2.05) is 30.6 Å². The van der Waals surface area contributed by atoms with Crippen LogP contribution in [0.1, 0.15) is 37.4 Å². The topological polar surface area (TPSA) is 78.8 Å². The van der Waals surface area contributed by atoms with E-state index in [2.05, 4.69) is 17.0 Å². The third-order valence-electron chi connectivity index (χ3n) is 6.46. The summed E-state index contributed by atoms with van der Waals surface area (Å²) >= 11 is 0. The van der Waals surface area contributed by atoms with Crippen molar-refractivity contribution in [3.63, 3.8) is 0 Å². The molecule has 28 heavy (non-hydrogen) atoms. The Balaban J connectivity index is 1.75. The molecule has 2 aliphatic heterocycles. The Morgan fingerprint density at radius 1 is 1.18 bits per heavy atom. The summed E-state index contributed by atoms with van der Waals surface area (Å²) in [6.07, 6.45) is 2.12. The fourth-order valence-electron chi connectivity index (χ4n) is 4.26. The van der Waals surface area contributed by atoms with Crippen molar-refractivity contribution in [2.45, 2.75) is 52.1 Å². The van der Waals surface area contributed by atoms with Crippen LogP contribution in [0.3, 0.4) is 0 Å². The van der Waals surface area contributed by atoms with Gasteiger partial charge in [-0.1, -0.05) is 0 Å². The molecule has 2 amide bonds. The van der Waals surface area contributed by atoms with Crippen LogP contribution in [-0.2, 0) is 16.1 Å². The maximum atomic E-state index is 12.9. The number of likely N-dealkylation sites (tertiary alicyclic amines) is 1. The first-order valence-corrected chi connectivity index (χ1v) is 10.1. The molecule has 2 fully saturated rings. The van der Waals surface area contributed by atoms with Crippen LogP contribution in [-0.4, -0.2) is 81.6 Å². The third kappa shape index (κ3) is 3.97. The van der Waals surface area contributed by atoms with Gasteiger partial charge in [-0.05, 0) is 46.2 Å². The summed E-state index contributed by atoms with van der Waals surface area (Å²) in [5.74, 6) is 0.107. The Morgan fingerprint density at radius 3 is 2.64 bits per heavy atom. The van der Waals surface area contributed by atoms with Gasteiger partial charge in [-0.25, -0.2) is 4.68 Å². The van der Waals surface area contributed by atoms with Gasteiger partial charge in [-0.15, -0.1) is 0 Å². The molecule has 1 unspecified atom stereocenters. The molecule has 0 N–H and O–H groups in total. The molecule has 3 heterocycles. The normalized spacial score (nSPS) is 23.9. The molecule has 8 heteroatoms. The van der Waals surface area contributed by atoms with Gasteiger partial charge in [-0.3, -0.25) is 19.3 Å². The van der Waals surface area contributed by atoms with Crippen LogP contribution in [0, 0.1) is 13.8 Å². The number of nitrogens with zero attached hydrogens (tertiary/aromatic N) is 5. The minimum atomic E-state index is -0.251. The van der Waals surface area contributed by atoms with Crippen LogP contribution in [0.15, 0.2) is 10.9 Å². The van der Waals surface area contributed by atoms with Crippen LogP contribution in [0.2, 0.25) is 0 Å². The Hall–Kier alpha value is -2.22. The van der Waals surface area contributed by atoms with E-state index >= 15 is 0 Å². The summed E-state index contributed by atoms with van der Waals surface area (Å²) in [5, 5.41) is 4.27. The highest BCUT2D eigenvalue weighted by molar-refractivity contribution is 5.77. The van der Waals surface area contributed by atoms with Gasteiger partial charge >= 0.3 is 0 Å². The molecule has 1 spiro atoms. The quantitative estimate of drug-likeness (QED) is 0.748. The van der Waals surface area contributed by atoms with Gasteiger partial charge in [0.05, 0.1) is 5.69 Å². The molecule has 1 atom stereocenters. The average molecular weight is 390 g/mol. The zero-order valence-corrected chi connectivity index (χ0v) is 17.4. The highest BCUT2D eigenvalue weighted by Crippen LogP contribution is 2.32. The Kier molecular flexibility index (Phi) is 5.88. The van der Waals surface area contributed by atoms with Crippen LogP contribution >= 0.6 is 0 Å². The van der Waals surface area contributed by atoms with Crippen molar-refractivity contribution in [2.24, 2.45) is 0 Å². The minimum absolute atomic E-state index is 0.0419. The maximum Gasteiger partial charge on any atom is 0.267 e. The molecular formula is C20H31N5O3. The Bertz CT molecular complexity index is 821. The number of piperazine rings is 1. The van der Waals surface area contributed by atoms with Gasteiger partial charge in [-0.2, -0.15) is 5.10 Å². The molecule has 0 bridgehead atoms. The van der Waals surface area contributed by atoms with Crippen LogP contribution in [0.25, 0.3) is 0 Å². The lowest BCUT2D eigenvalue weighted by Gasteiger charge is -2.49. The van der Waals surface area contributed by atoms with Gasteiger partial charge < -0.3 is 9.80 Å². The van der Waals surface area contributed by atoms with Crippen molar-refractivity contribution < 1.29 is 9.59 Å². The molecule has 154 valence electrons. The first kappa shape index (κ1) is 20.5. The number of aryl methyl sites for hydroxylation is 2. The summed E-state index contributed by atoms with van der Waals surface area (Å²) in [6.45, 7) is 9.07. The van der Waals surface area contributed by atoms with Crippen molar-refractivity contribution >= 4 is 11.8 Å². The van der Waals surface area contributed by atoms with Crippen LogP contribution in [0.5, 0.6) is 0 Å². The van der Waals surface area contributed by atoms with E-state index < -0.39 is 0 Å². The zero-order chi connectivity index (χ0) is 20.5. The fraction of sp³-hybridized carbons (Fsp3) is 0.700. The van der Waals surface area contributed by atoms with Gasteiger partial charge in [0.1, 0.15) is 6.54 Å². The number of hydrogen-bond acceptors (Lipinski definition) is 5. The van der Waals surface area contributed by atoms with Gasteiger partial charge in [0, 0.05) is 50.7 Å². The maximum absolute atomic E-state index is 12.9. The Morgan fingerprint density at radius 2 is 1.93 bits per heavy atom. The number of likely N-dealkylation sites (N-methyl/N-ethyl adjacent to an activating group) is 1. The smallest absolute Gasteiger partial charge is 0.267 e. The predicted octanol–water partition coefficient (Wildman–Crippen LogP) is 0.405. The fourth-order valence-corrected chi connectivity index (χ4v) is 4.26. The van der Waals surface area contributed by atoms with E-state index in [4.69, 9.17) is 0 Å². The van der Waals surface area contributed by atoms with E-state index in [1.165, 1.54) is 10.7 Å². The van der Waals surface area contributed by atoms with E-state index in [1.54, 1.807) is 0 Å². The average Bonchev–Trinajstić information content (AvgIpc) is 2.81. The summed E-state index contributed by atoms with van der Waals surface area (Å²) < 4.78 is 1.26. The Labute approximate surface area is 166 Å². The SMILES string of the molecule is CCN1CCC2(CCC1=O)CN(C(=O)Cn1nc(C)c(C)cc1=O)CCN2C. The van der Waals surface area contributed by atoms with Crippen molar-refractivity contribution in [3.05, 3.63) is 27.7 Å². The van der Waals surface area contributed by atoms with Crippen molar-refractivity contribution in [1.29, 1.82) is 0 Å². The molecule has 2 saturated heterocycles. The number of rotatable bonds is 3. The number of carbonyl (C=O) groups is 2. The summed E-state index contributed by atoms with van der Waals surface area (Å²) in [4.78, 5) is 43.5. The largest absolute Gasteiger partial charge is 0.343 e. The molecular weight excluding hydrogens is 358 g/mol. The van der Waals surface area contributed by atoms with E-state index in [-0.39, 0.29) is 29.5 Å². The zero-order valence-electron chi connectivity index (χ0n) is 17.4. The highest BCUT2D eigenvalue weighted by atomic mass is 16.2. The predicted molar refractivity (Wildman–Crippen MR) is 106 cm³/mol. The second-order valence-electron chi connectivity index (χ2n) is 8.09. The summed E-state index contributed by atoms with van der Waals surface area (Å²) in [6, 6.07) is 1.53. The molecule has 8 nitrogen and oxygen atoms in total. The number of amides is 2. The molecule has 0 saturated carbocycles. The second-order valence-corrected chi connectivity index (χ2v) is 8.09. The van der Waals surface area contributed by atoms with E-state index in [0.29, 0.717) is 19.5 Å². The van der Waals surface area contributed by atoms with Gasteiger partial charge in [0.15, 0.2) is 0 Å². The first-order valence-electron chi connectivity index (χ1n) is 10.1. The molecule has 1 aromatic heterocycles. The summed E-state index contributed by atoms with van der Waals surface area (Å²) in [5.41, 5.74) is 1.15. The van der Waals surface area contributed by atoms with Crippen molar-refractivity contribution in [3.8, 4) is 0 Å². The monoisotopic (exact) mass is 389 g/mol. The van der Waals surface area contributed by atoms with Gasteiger partial charge in [0.25, 0.3) is 5.56 Å². The second kappa shape index (κ2) is 8.03. The number of carbonyl (C=O) groups excluding carboxylic acids is 2.